The fourth-order valence-electron chi connectivity index (χ4n) is 2.80. The molecule has 0 aliphatic carbocycles. The maximum atomic E-state index is 12.5. The van der Waals surface area contributed by atoms with Gasteiger partial charge in [0.1, 0.15) is 11.3 Å². The largest absolute Gasteiger partial charge is 0.444 e. The molecule has 3 aromatic rings. The number of nitrogens with one attached hydrogen (secondary N) is 3. The molecular weight excluding hydrogens is 454 g/mol. The molecule has 0 fully saturated rings. The molecule has 0 radical (unpaired) electrons. The van der Waals surface area contributed by atoms with Gasteiger partial charge >= 0.3 is 6.09 Å². The van der Waals surface area contributed by atoms with Crippen LogP contribution in [0, 0.1) is 0 Å². The Labute approximate surface area is 202 Å². The summed E-state index contributed by atoms with van der Waals surface area (Å²) in [5, 5.41) is 10.5. The van der Waals surface area contributed by atoms with Gasteiger partial charge < -0.3 is 15.4 Å². The molecule has 0 saturated heterocycles. The predicted molar refractivity (Wildman–Crippen MR) is 131 cm³/mol. The number of rotatable bonds is 8. The average molecular weight is 482 g/mol. The van der Waals surface area contributed by atoms with Crippen molar-refractivity contribution >= 4 is 34.4 Å². The van der Waals surface area contributed by atoms with Gasteiger partial charge in [0.25, 0.3) is 11.8 Å². The van der Waals surface area contributed by atoms with E-state index in [1.54, 1.807) is 51.2 Å². The first-order chi connectivity index (χ1) is 16.2. The molecule has 0 aliphatic heterocycles. The molecule has 0 aliphatic rings. The van der Waals surface area contributed by atoms with Gasteiger partial charge in [-0.1, -0.05) is 6.07 Å². The third-order valence-electron chi connectivity index (χ3n) is 4.37. The minimum atomic E-state index is -0.551. The summed E-state index contributed by atoms with van der Waals surface area (Å²) in [6, 6.07) is 11.9. The van der Waals surface area contributed by atoms with Crippen molar-refractivity contribution in [3.05, 3.63) is 65.2 Å². The van der Waals surface area contributed by atoms with Crippen molar-refractivity contribution in [3.8, 4) is 11.4 Å². The van der Waals surface area contributed by atoms with Crippen LogP contribution < -0.4 is 16.0 Å². The Morgan fingerprint density at radius 2 is 1.59 bits per heavy atom. The molecule has 0 spiro atoms. The summed E-state index contributed by atoms with van der Waals surface area (Å²) in [5.74, 6) is -0.578. The van der Waals surface area contributed by atoms with Crippen LogP contribution in [0.4, 0.5) is 9.93 Å². The van der Waals surface area contributed by atoms with Crippen molar-refractivity contribution in [3.63, 3.8) is 0 Å². The van der Waals surface area contributed by atoms with Gasteiger partial charge in [-0.3, -0.25) is 19.9 Å². The number of ether oxygens (including phenoxy) is 1. The molecule has 1 aromatic carbocycles. The fraction of sp³-hybridized carbons (Fsp3) is 0.292. The van der Waals surface area contributed by atoms with Gasteiger partial charge in [-0.15, -0.1) is 11.3 Å². The number of anilines is 1. The maximum Gasteiger partial charge on any atom is 0.407 e. The fourth-order valence-corrected chi connectivity index (χ4v) is 3.50. The lowest BCUT2D eigenvalue weighted by Gasteiger charge is -2.19. The number of hydrogen-bond acceptors (Lipinski definition) is 7. The molecule has 3 rings (SSSR count). The number of thiazole rings is 1. The van der Waals surface area contributed by atoms with Gasteiger partial charge in [0.15, 0.2) is 5.13 Å². The van der Waals surface area contributed by atoms with Crippen molar-refractivity contribution < 1.29 is 19.1 Å². The van der Waals surface area contributed by atoms with Crippen LogP contribution in [-0.2, 0) is 4.74 Å². The molecule has 3 N–H and O–H groups in total. The van der Waals surface area contributed by atoms with Crippen LogP contribution in [0.15, 0.2) is 54.0 Å². The van der Waals surface area contributed by atoms with Crippen LogP contribution in [0.2, 0.25) is 0 Å². The summed E-state index contributed by atoms with van der Waals surface area (Å²) in [6.45, 7) is 6.15. The second-order valence-electron chi connectivity index (χ2n) is 8.32. The standard InChI is InChI=1S/C24H27N5O4S/c1-24(2,3)33-23(32)27-14-6-13-26-20(30)16-8-10-17(11-9-16)21(31)29-22-28-19(15-34-22)18-7-4-5-12-25-18/h4-5,7-12,15H,6,13-14H2,1-3H3,(H,26,30)(H,27,32)(H,28,29,31). The summed E-state index contributed by atoms with van der Waals surface area (Å²) < 4.78 is 5.15. The number of pyridine rings is 1. The van der Waals surface area contributed by atoms with Gasteiger partial charge in [0, 0.05) is 35.8 Å². The molecule has 34 heavy (non-hydrogen) atoms. The van der Waals surface area contributed by atoms with Gasteiger partial charge in [0.05, 0.1) is 5.69 Å². The highest BCUT2D eigenvalue weighted by Gasteiger charge is 2.15. The summed E-state index contributed by atoms with van der Waals surface area (Å²) >= 11 is 1.31. The van der Waals surface area contributed by atoms with E-state index < -0.39 is 11.7 Å². The Kier molecular flexibility index (Phi) is 8.31. The number of alkyl carbamates (subject to hydrolysis) is 1. The monoisotopic (exact) mass is 481 g/mol. The number of carbonyl (C=O) groups is 3. The molecule has 2 heterocycles. The highest BCUT2D eigenvalue weighted by Crippen LogP contribution is 2.23. The van der Waals surface area contributed by atoms with E-state index in [1.807, 2.05) is 23.6 Å². The van der Waals surface area contributed by atoms with Crippen LogP contribution in [0.3, 0.4) is 0 Å². The van der Waals surface area contributed by atoms with Crippen LogP contribution in [0.1, 0.15) is 47.9 Å². The van der Waals surface area contributed by atoms with E-state index in [0.717, 1.165) is 5.69 Å². The lowest BCUT2D eigenvalue weighted by atomic mass is 10.1. The molecule has 3 amide bonds. The number of hydrogen-bond donors (Lipinski definition) is 3. The summed E-state index contributed by atoms with van der Waals surface area (Å²) in [6.07, 6.45) is 1.75. The van der Waals surface area contributed by atoms with E-state index in [0.29, 0.717) is 41.5 Å². The molecule has 0 atom stereocenters. The normalized spacial score (nSPS) is 10.9. The molecule has 0 bridgehead atoms. The Morgan fingerprint density at radius 3 is 2.24 bits per heavy atom. The minimum Gasteiger partial charge on any atom is -0.444 e. The topological polar surface area (TPSA) is 122 Å². The summed E-state index contributed by atoms with van der Waals surface area (Å²) in [5.41, 5.74) is 1.71. The molecular formula is C24H27N5O4S. The average Bonchev–Trinajstić information content (AvgIpc) is 3.26. The Balaban J connectivity index is 1.43. The van der Waals surface area contributed by atoms with Crippen molar-refractivity contribution in [1.82, 2.24) is 20.6 Å². The van der Waals surface area contributed by atoms with Crippen LogP contribution >= 0.6 is 11.3 Å². The van der Waals surface area contributed by atoms with Crippen molar-refractivity contribution in [2.45, 2.75) is 32.8 Å². The van der Waals surface area contributed by atoms with E-state index in [2.05, 4.69) is 25.9 Å². The Hall–Kier alpha value is -3.79. The number of aromatic nitrogens is 2. The zero-order valence-corrected chi connectivity index (χ0v) is 20.1. The van der Waals surface area contributed by atoms with Gasteiger partial charge in [-0.2, -0.15) is 0 Å². The second-order valence-corrected chi connectivity index (χ2v) is 9.18. The predicted octanol–water partition coefficient (Wildman–Crippen LogP) is 4.10. The molecule has 0 saturated carbocycles. The Morgan fingerprint density at radius 1 is 0.912 bits per heavy atom. The lowest BCUT2D eigenvalue weighted by Crippen LogP contribution is -2.34. The molecule has 2 aromatic heterocycles. The van der Waals surface area contributed by atoms with Crippen molar-refractivity contribution in [2.24, 2.45) is 0 Å². The molecule has 9 nitrogen and oxygen atoms in total. The zero-order chi connectivity index (χ0) is 24.6. The van der Waals surface area contributed by atoms with Gasteiger partial charge in [-0.25, -0.2) is 9.78 Å². The quantitative estimate of drug-likeness (QED) is 0.416. The number of nitrogens with zero attached hydrogens (tertiary/aromatic N) is 2. The third-order valence-corrected chi connectivity index (χ3v) is 5.13. The minimum absolute atomic E-state index is 0.260. The van der Waals surface area contributed by atoms with E-state index >= 15 is 0 Å². The molecule has 178 valence electrons. The first-order valence-corrected chi connectivity index (χ1v) is 11.6. The first kappa shape index (κ1) is 24.8. The number of amides is 3. The van der Waals surface area contributed by atoms with Crippen molar-refractivity contribution in [1.29, 1.82) is 0 Å². The number of benzene rings is 1. The second kappa shape index (κ2) is 11.4. The lowest BCUT2D eigenvalue weighted by molar-refractivity contribution is 0.0527. The van der Waals surface area contributed by atoms with E-state index in [9.17, 15) is 14.4 Å². The highest BCUT2D eigenvalue weighted by atomic mass is 32.1. The van der Waals surface area contributed by atoms with E-state index in [4.69, 9.17) is 4.74 Å². The van der Waals surface area contributed by atoms with Crippen LogP contribution in [-0.4, -0.2) is 46.6 Å². The highest BCUT2D eigenvalue weighted by molar-refractivity contribution is 7.14. The van der Waals surface area contributed by atoms with Crippen LogP contribution in [0.5, 0.6) is 0 Å². The van der Waals surface area contributed by atoms with Gasteiger partial charge in [-0.05, 0) is 63.6 Å². The number of carbonyl (C=O) groups excluding carboxylic acids is 3. The third kappa shape index (κ3) is 7.66. The smallest absolute Gasteiger partial charge is 0.407 e. The zero-order valence-electron chi connectivity index (χ0n) is 19.3. The Bertz CT molecular complexity index is 1120. The van der Waals surface area contributed by atoms with Crippen molar-refractivity contribution in [2.75, 3.05) is 18.4 Å². The van der Waals surface area contributed by atoms with Gasteiger partial charge in [0.2, 0.25) is 0 Å². The molecule has 10 heteroatoms. The first-order valence-electron chi connectivity index (χ1n) is 10.7. The van der Waals surface area contributed by atoms with E-state index in [1.165, 1.54) is 11.3 Å². The summed E-state index contributed by atoms with van der Waals surface area (Å²) in [4.78, 5) is 45.1. The maximum absolute atomic E-state index is 12.5. The summed E-state index contributed by atoms with van der Waals surface area (Å²) in [7, 11) is 0. The van der Waals surface area contributed by atoms with E-state index in [-0.39, 0.29) is 11.8 Å². The SMILES string of the molecule is CC(C)(C)OC(=O)NCCCNC(=O)c1ccc(C(=O)Nc2nc(-c3ccccn3)cs2)cc1. The van der Waals surface area contributed by atoms with Crippen LogP contribution in [0.25, 0.3) is 11.4 Å². The molecule has 0 unspecified atom stereocenters.